The molecule has 0 radical (unpaired) electrons. The van der Waals surface area contributed by atoms with Gasteiger partial charge in [0.2, 0.25) is 5.13 Å². The molecule has 2 heterocycles. The van der Waals surface area contributed by atoms with Gasteiger partial charge in [-0.2, -0.15) is 0 Å². The third kappa shape index (κ3) is 2.98. The van der Waals surface area contributed by atoms with Gasteiger partial charge in [0.15, 0.2) is 0 Å². The molecule has 0 bridgehead atoms. The van der Waals surface area contributed by atoms with Gasteiger partial charge < -0.3 is 14.5 Å². The Kier molecular flexibility index (Phi) is 4.14. The van der Waals surface area contributed by atoms with E-state index >= 15 is 0 Å². The van der Waals surface area contributed by atoms with Gasteiger partial charge in [-0.15, -0.1) is 10.2 Å². The fourth-order valence-corrected chi connectivity index (χ4v) is 2.45. The molecule has 18 heavy (non-hydrogen) atoms. The van der Waals surface area contributed by atoms with Crippen molar-refractivity contribution in [2.45, 2.75) is 6.92 Å². The summed E-state index contributed by atoms with van der Waals surface area (Å²) in [6.07, 6.45) is 1.29. The first-order valence-corrected chi connectivity index (χ1v) is 6.60. The van der Waals surface area contributed by atoms with Crippen molar-refractivity contribution in [2.75, 3.05) is 37.7 Å². The lowest BCUT2D eigenvalue weighted by Crippen LogP contribution is -2.49. The molecule has 1 aliphatic heterocycles. The number of ether oxygens (including phenoxy) is 1. The highest BCUT2D eigenvalue weighted by atomic mass is 32.1. The summed E-state index contributed by atoms with van der Waals surface area (Å²) < 4.78 is 5.00. The number of nitrogens with zero attached hydrogens (tertiary/aromatic N) is 4. The summed E-state index contributed by atoms with van der Waals surface area (Å²) in [4.78, 5) is 15.5. The molecule has 0 N–H and O–H groups in total. The predicted octanol–water partition coefficient (Wildman–Crippen LogP) is 1.29. The van der Waals surface area contributed by atoms with Crippen LogP contribution in [-0.4, -0.2) is 54.0 Å². The number of piperazine rings is 1. The molecule has 1 amide bonds. The van der Waals surface area contributed by atoms with Crippen LogP contribution in [0.1, 0.15) is 5.01 Å². The molecular weight excluding hydrogens is 252 g/mol. The predicted molar refractivity (Wildman–Crippen MR) is 70.0 cm³/mol. The molecular formula is C11H16N4O2S. The van der Waals surface area contributed by atoms with Gasteiger partial charge in [-0.05, 0) is 6.92 Å². The highest BCUT2D eigenvalue weighted by Crippen LogP contribution is 2.20. The third-order valence-corrected chi connectivity index (χ3v) is 3.55. The Hall–Kier alpha value is -1.63. The standard InChI is InChI=1S/C11H16N4O2S/c1-3-8-17-11(16)15-6-4-14(5-7-15)10-13-12-9(2)18-10/h3H,1,4-8H2,2H3. The van der Waals surface area contributed by atoms with Crippen LogP contribution in [0.2, 0.25) is 0 Å². The minimum atomic E-state index is -0.275. The molecule has 6 nitrogen and oxygen atoms in total. The molecule has 2 rings (SSSR count). The summed E-state index contributed by atoms with van der Waals surface area (Å²) in [6, 6.07) is 0. The van der Waals surface area contributed by atoms with Crippen molar-refractivity contribution >= 4 is 22.6 Å². The number of aryl methyl sites for hydroxylation is 1. The van der Waals surface area contributed by atoms with Gasteiger partial charge in [0.1, 0.15) is 11.6 Å². The average Bonchev–Trinajstić information content (AvgIpc) is 2.83. The Bertz CT molecular complexity index is 426. The normalized spacial score (nSPS) is 15.6. The zero-order valence-corrected chi connectivity index (χ0v) is 11.2. The van der Waals surface area contributed by atoms with Gasteiger partial charge in [-0.25, -0.2) is 4.79 Å². The Labute approximate surface area is 110 Å². The van der Waals surface area contributed by atoms with Crippen LogP contribution in [0.15, 0.2) is 12.7 Å². The fourth-order valence-electron chi connectivity index (χ4n) is 1.72. The minimum absolute atomic E-state index is 0.259. The lowest BCUT2D eigenvalue weighted by atomic mass is 10.3. The van der Waals surface area contributed by atoms with E-state index in [2.05, 4.69) is 21.7 Å². The summed E-state index contributed by atoms with van der Waals surface area (Å²) in [7, 11) is 0. The Morgan fingerprint density at radius 2 is 2.17 bits per heavy atom. The van der Waals surface area contributed by atoms with Crippen LogP contribution in [0.5, 0.6) is 0 Å². The molecule has 0 unspecified atom stereocenters. The van der Waals surface area contributed by atoms with Crippen molar-refractivity contribution in [3.05, 3.63) is 17.7 Å². The van der Waals surface area contributed by atoms with Crippen molar-refractivity contribution in [3.63, 3.8) is 0 Å². The van der Waals surface area contributed by atoms with Gasteiger partial charge in [-0.3, -0.25) is 0 Å². The molecule has 0 aliphatic carbocycles. The topological polar surface area (TPSA) is 58.6 Å². The Morgan fingerprint density at radius 1 is 1.44 bits per heavy atom. The zero-order valence-electron chi connectivity index (χ0n) is 10.3. The first kappa shape index (κ1) is 12.8. The second-order valence-electron chi connectivity index (χ2n) is 3.94. The van der Waals surface area contributed by atoms with E-state index in [1.54, 1.807) is 22.3 Å². The number of hydrogen-bond acceptors (Lipinski definition) is 6. The highest BCUT2D eigenvalue weighted by Gasteiger charge is 2.23. The van der Waals surface area contributed by atoms with Crippen LogP contribution >= 0.6 is 11.3 Å². The second-order valence-corrected chi connectivity index (χ2v) is 5.10. The van der Waals surface area contributed by atoms with E-state index in [9.17, 15) is 4.79 Å². The monoisotopic (exact) mass is 268 g/mol. The lowest BCUT2D eigenvalue weighted by molar-refractivity contribution is 0.110. The molecule has 1 fully saturated rings. The molecule has 98 valence electrons. The van der Waals surface area contributed by atoms with Gasteiger partial charge in [0, 0.05) is 26.2 Å². The van der Waals surface area contributed by atoms with Crippen LogP contribution in [0.4, 0.5) is 9.93 Å². The number of hydrogen-bond donors (Lipinski definition) is 0. The van der Waals surface area contributed by atoms with Crippen LogP contribution in [0.3, 0.4) is 0 Å². The highest BCUT2D eigenvalue weighted by molar-refractivity contribution is 7.15. The quantitative estimate of drug-likeness (QED) is 0.773. The summed E-state index contributed by atoms with van der Waals surface area (Å²) in [6.45, 7) is 8.53. The molecule has 1 aromatic heterocycles. The number of rotatable bonds is 3. The average molecular weight is 268 g/mol. The van der Waals surface area contributed by atoms with E-state index in [-0.39, 0.29) is 12.7 Å². The van der Waals surface area contributed by atoms with Crippen LogP contribution in [0.25, 0.3) is 0 Å². The van der Waals surface area contributed by atoms with E-state index in [0.29, 0.717) is 13.1 Å². The number of aromatic nitrogens is 2. The third-order valence-electron chi connectivity index (χ3n) is 2.65. The van der Waals surface area contributed by atoms with Crippen LogP contribution in [0, 0.1) is 6.92 Å². The molecule has 0 spiro atoms. The van der Waals surface area contributed by atoms with E-state index in [0.717, 1.165) is 23.2 Å². The molecule has 1 aromatic rings. The van der Waals surface area contributed by atoms with Crippen molar-refractivity contribution in [2.24, 2.45) is 0 Å². The van der Waals surface area contributed by atoms with Gasteiger partial charge in [-0.1, -0.05) is 24.0 Å². The smallest absolute Gasteiger partial charge is 0.410 e. The van der Waals surface area contributed by atoms with Gasteiger partial charge >= 0.3 is 6.09 Å². The number of anilines is 1. The fraction of sp³-hybridized carbons (Fsp3) is 0.545. The van der Waals surface area contributed by atoms with Crippen LogP contribution < -0.4 is 4.90 Å². The number of carbonyl (C=O) groups is 1. The summed E-state index contributed by atoms with van der Waals surface area (Å²) in [5, 5.41) is 9.98. The maximum Gasteiger partial charge on any atom is 0.410 e. The van der Waals surface area contributed by atoms with E-state index in [4.69, 9.17) is 4.74 Å². The van der Waals surface area contributed by atoms with Crippen molar-refractivity contribution in [3.8, 4) is 0 Å². The largest absolute Gasteiger partial charge is 0.445 e. The molecule has 1 aliphatic rings. The maximum absolute atomic E-state index is 11.6. The van der Waals surface area contributed by atoms with Crippen molar-refractivity contribution in [1.82, 2.24) is 15.1 Å². The number of carbonyl (C=O) groups excluding carboxylic acids is 1. The lowest BCUT2D eigenvalue weighted by Gasteiger charge is -2.33. The maximum atomic E-state index is 11.6. The molecule has 7 heteroatoms. The molecule has 1 saturated heterocycles. The summed E-state index contributed by atoms with van der Waals surface area (Å²) in [5.74, 6) is 0. The molecule has 0 saturated carbocycles. The van der Waals surface area contributed by atoms with E-state index in [1.165, 1.54) is 0 Å². The summed E-state index contributed by atoms with van der Waals surface area (Å²) >= 11 is 1.57. The molecule has 0 atom stereocenters. The van der Waals surface area contributed by atoms with E-state index < -0.39 is 0 Å². The van der Waals surface area contributed by atoms with Crippen molar-refractivity contribution < 1.29 is 9.53 Å². The zero-order chi connectivity index (χ0) is 13.0. The number of amides is 1. The first-order chi connectivity index (χ1) is 8.70. The van der Waals surface area contributed by atoms with E-state index in [1.807, 2.05) is 6.92 Å². The minimum Gasteiger partial charge on any atom is -0.445 e. The first-order valence-electron chi connectivity index (χ1n) is 5.78. The van der Waals surface area contributed by atoms with Crippen molar-refractivity contribution in [1.29, 1.82) is 0 Å². The Balaban J connectivity index is 1.84. The second kappa shape index (κ2) is 5.81. The molecule has 0 aromatic carbocycles. The Morgan fingerprint density at radius 3 is 2.72 bits per heavy atom. The summed E-state index contributed by atoms with van der Waals surface area (Å²) in [5.41, 5.74) is 0. The van der Waals surface area contributed by atoms with Gasteiger partial charge in [0.25, 0.3) is 0 Å². The van der Waals surface area contributed by atoms with Crippen LogP contribution in [-0.2, 0) is 4.74 Å². The van der Waals surface area contributed by atoms with Gasteiger partial charge in [0.05, 0.1) is 0 Å². The SMILES string of the molecule is C=CCOC(=O)N1CCN(c2nnc(C)s2)CC1.